The number of aromatic nitrogens is 2. The van der Waals surface area contributed by atoms with E-state index in [4.69, 9.17) is 16.7 Å². The molecule has 1 aromatic heterocycles. The number of carbonyl (C=O) groups is 2. The number of hydrogen-bond acceptors (Lipinski definition) is 3. The number of carbonyl (C=O) groups excluding carboxylic acids is 1. The van der Waals surface area contributed by atoms with E-state index in [0.29, 0.717) is 29.5 Å². The average Bonchev–Trinajstić information content (AvgIpc) is 2.72. The Balaban J connectivity index is 1.76. The summed E-state index contributed by atoms with van der Waals surface area (Å²) in [5, 5.41) is 13.5. The fourth-order valence-electron chi connectivity index (χ4n) is 3.07. The molecule has 7 heteroatoms. The Hall–Kier alpha value is -1.56. The lowest BCUT2D eigenvalue weighted by molar-refractivity contribution is -0.139. The van der Waals surface area contributed by atoms with Gasteiger partial charge >= 0.3 is 5.97 Å². The van der Waals surface area contributed by atoms with Gasteiger partial charge in [0.2, 0.25) is 0 Å². The van der Waals surface area contributed by atoms with Crippen molar-refractivity contribution in [1.82, 2.24) is 14.7 Å². The molecule has 0 bridgehead atoms. The highest BCUT2D eigenvalue weighted by molar-refractivity contribution is 6.34. The lowest BCUT2D eigenvalue weighted by Gasteiger charge is -2.19. The molecule has 1 aromatic rings. The van der Waals surface area contributed by atoms with Gasteiger partial charge in [-0.1, -0.05) is 11.6 Å². The topological polar surface area (TPSA) is 75.4 Å². The van der Waals surface area contributed by atoms with Crippen molar-refractivity contribution < 1.29 is 14.7 Å². The Labute approximate surface area is 114 Å². The van der Waals surface area contributed by atoms with E-state index < -0.39 is 5.97 Å². The van der Waals surface area contributed by atoms with Gasteiger partial charge in [-0.3, -0.25) is 14.3 Å². The number of fused-ring (bicyclic) bond motifs is 1. The maximum Gasteiger partial charge on any atom is 0.307 e. The zero-order valence-electron chi connectivity index (χ0n) is 10.6. The van der Waals surface area contributed by atoms with Crippen molar-refractivity contribution in [1.29, 1.82) is 0 Å². The van der Waals surface area contributed by atoms with E-state index >= 15 is 0 Å². The van der Waals surface area contributed by atoms with Gasteiger partial charge in [0.25, 0.3) is 5.91 Å². The van der Waals surface area contributed by atoms with E-state index in [1.807, 2.05) is 0 Å². The number of amides is 1. The molecule has 2 heterocycles. The molecule has 1 saturated carbocycles. The number of carboxylic acids is 1. The highest BCUT2D eigenvalue weighted by atomic mass is 35.5. The smallest absolute Gasteiger partial charge is 0.307 e. The second-order valence-corrected chi connectivity index (χ2v) is 5.65. The van der Waals surface area contributed by atoms with Crippen LogP contribution in [0.3, 0.4) is 0 Å². The average molecular weight is 284 g/mol. The molecule has 19 heavy (non-hydrogen) atoms. The maximum atomic E-state index is 12.4. The molecule has 0 aromatic carbocycles. The molecule has 1 unspecified atom stereocenters. The molecule has 1 saturated heterocycles. The molecule has 0 radical (unpaired) electrons. The minimum absolute atomic E-state index is 0.106. The number of nitrogens with zero attached hydrogens (tertiary/aromatic N) is 3. The van der Waals surface area contributed by atoms with Crippen molar-refractivity contribution in [3.63, 3.8) is 0 Å². The Morgan fingerprint density at radius 2 is 1.95 bits per heavy atom. The largest absolute Gasteiger partial charge is 0.481 e. The molecule has 1 aliphatic heterocycles. The van der Waals surface area contributed by atoms with Gasteiger partial charge in [0.1, 0.15) is 5.69 Å². The van der Waals surface area contributed by atoms with Crippen molar-refractivity contribution in [2.75, 3.05) is 13.1 Å². The Morgan fingerprint density at radius 3 is 2.37 bits per heavy atom. The second-order valence-electron chi connectivity index (χ2n) is 5.27. The van der Waals surface area contributed by atoms with Crippen LogP contribution in [0.25, 0.3) is 0 Å². The Kier molecular flexibility index (Phi) is 2.60. The third-order valence-corrected chi connectivity index (χ3v) is 4.57. The summed E-state index contributed by atoms with van der Waals surface area (Å²) in [5.41, 5.74) is 1.01. The van der Waals surface area contributed by atoms with Gasteiger partial charge in [-0.05, 0) is 18.8 Å². The van der Waals surface area contributed by atoms with E-state index in [0.717, 1.165) is 0 Å². The van der Waals surface area contributed by atoms with Crippen LogP contribution in [0.15, 0.2) is 0 Å². The van der Waals surface area contributed by atoms with Gasteiger partial charge in [-0.25, -0.2) is 0 Å². The predicted molar refractivity (Wildman–Crippen MR) is 67.0 cm³/mol. The van der Waals surface area contributed by atoms with Crippen molar-refractivity contribution in [3.05, 3.63) is 16.4 Å². The normalized spacial score (nSPS) is 28.4. The summed E-state index contributed by atoms with van der Waals surface area (Å²) in [6, 6.07) is 0. The summed E-state index contributed by atoms with van der Waals surface area (Å²) in [4.78, 5) is 25.0. The zero-order valence-corrected chi connectivity index (χ0v) is 11.4. The number of piperidine rings is 1. The van der Waals surface area contributed by atoms with E-state index in [-0.39, 0.29) is 23.7 Å². The van der Waals surface area contributed by atoms with E-state index in [1.165, 1.54) is 4.68 Å². The highest BCUT2D eigenvalue weighted by Gasteiger charge is 2.60. The molecule has 1 N–H and O–H groups in total. The number of aliphatic carboxylic acids is 1. The summed E-state index contributed by atoms with van der Waals surface area (Å²) in [6.07, 6.45) is 0. The Bertz CT molecular complexity index is 571. The first-order valence-electron chi connectivity index (χ1n) is 6.13. The maximum absolute atomic E-state index is 12.4. The summed E-state index contributed by atoms with van der Waals surface area (Å²) < 4.78 is 1.48. The number of carboxylic acid groups (broad SMARTS) is 1. The quantitative estimate of drug-likeness (QED) is 0.870. The van der Waals surface area contributed by atoms with Gasteiger partial charge in [0, 0.05) is 20.1 Å². The second kappa shape index (κ2) is 3.96. The molecule has 6 nitrogen and oxygen atoms in total. The number of aryl methyl sites for hydroxylation is 2. The van der Waals surface area contributed by atoms with E-state index in [2.05, 4.69) is 5.10 Å². The van der Waals surface area contributed by atoms with Crippen LogP contribution in [0, 0.1) is 24.7 Å². The molecule has 2 fully saturated rings. The van der Waals surface area contributed by atoms with Crippen LogP contribution in [0.1, 0.15) is 16.2 Å². The van der Waals surface area contributed by atoms with Crippen molar-refractivity contribution >= 4 is 23.5 Å². The first-order chi connectivity index (χ1) is 8.91. The number of hydrogen-bond donors (Lipinski definition) is 1. The molecule has 1 amide bonds. The minimum Gasteiger partial charge on any atom is -0.481 e. The van der Waals surface area contributed by atoms with Crippen molar-refractivity contribution in [2.24, 2.45) is 24.8 Å². The van der Waals surface area contributed by atoms with Gasteiger partial charge in [0.05, 0.1) is 16.6 Å². The fourth-order valence-corrected chi connectivity index (χ4v) is 3.31. The third-order valence-electron chi connectivity index (χ3n) is 4.12. The molecule has 3 rings (SSSR count). The third kappa shape index (κ3) is 1.74. The first-order valence-corrected chi connectivity index (χ1v) is 6.50. The van der Waals surface area contributed by atoms with E-state index in [1.54, 1.807) is 18.9 Å². The summed E-state index contributed by atoms with van der Waals surface area (Å²) in [5.74, 6) is -0.974. The number of halogens is 1. The standard InChI is InChI=1S/C12H14ClN3O3/c1-5-9(13)10(15(2)14-5)11(17)16-3-6-7(4-16)8(6)12(18)19/h6-8H,3-4H2,1-2H3,(H,18,19)/t6-,7+,8?. The molecule has 2 aliphatic rings. The first kappa shape index (κ1) is 12.5. The van der Waals surface area contributed by atoms with Crippen LogP contribution >= 0.6 is 11.6 Å². The lowest BCUT2D eigenvalue weighted by atomic mass is 10.2. The van der Waals surface area contributed by atoms with Gasteiger partial charge in [-0.15, -0.1) is 0 Å². The van der Waals surface area contributed by atoms with Crippen LogP contribution in [0.5, 0.6) is 0 Å². The van der Waals surface area contributed by atoms with Crippen LogP contribution < -0.4 is 0 Å². The van der Waals surface area contributed by atoms with Gasteiger partial charge in [0.15, 0.2) is 0 Å². The minimum atomic E-state index is -0.753. The van der Waals surface area contributed by atoms with Crippen molar-refractivity contribution in [3.8, 4) is 0 Å². The van der Waals surface area contributed by atoms with E-state index in [9.17, 15) is 9.59 Å². The summed E-state index contributed by atoms with van der Waals surface area (Å²) in [7, 11) is 1.68. The van der Waals surface area contributed by atoms with Gasteiger partial charge < -0.3 is 10.0 Å². The SMILES string of the molecule is Cc1nn(C)c(C(=O)N2C[C@@H]3C(C(=O)O)[C@@H]3C2)c1Cl. The molecule has 1 aliphatic carbocycles. The monoisotopic (exact) mass is 283 g/mol. The van der Waals surface area contributed by atoms with Crippen molar-refractivity contribution in [2.45, 2.75) is 6.92 Å². The zero-order chi connectivity index (χ0) is 13.9. The molecule has 0 spiro atoms. The van der Waals surface area contributed by atoms with Crippen LogP contribution in [0.4, 0.5) is 0 Å². The summed E-state index contributed by atoms with van der Waals surface area (Å²) >= 11 is 6.09. The van der Waals surface area contributed by atoms with Crippen LogP contribution in [-0.4, -0.2) is 44.8 Å². The molecule has 3 atom stereocenters. The fraction of sp³-hybridized carbons (Fsp3) is 0.583. The number of rotatable bonds is 2. The Morgan fingerprint density at radius 1 is 1.37 bits per heavy atom. The highest BCUT2D eigenvalue weighted by Crippen LogP contribution is 2.52. The van der Waals surface area contributed by atoms with Gasteiger partial charge in [-0.2, -0.15) is 5.10 Å². The molecule has 102 valence electrons. The number of likely N-dealkylation sites (tertiary alicyclic amines) is 1. The van der Waals surface area contributed by atoms with Crippen LogP contribution in [-0.2, 0) is 11.8 Å². The lowest BCUT2D eigenvalue weighted by Crippen LogP contribution is -2.34. The predicted octanol–water partition coefficient (Wildman–Crippen LogP) is 0.785. The molecular weight excluding hydrogens is 270 g/mol. The summed E-state index contributed by atoms with van der Waals surface area (Å²) in [6.45, 7) is 2.75. The molecular formula is C12H14ClN3O3. The van der Waals surface area contributed by atoms with Crippen LogP contribution in [0.2, 0.25) is 5.02 Å².